The fourth-order valence-corrected chi connectivity index (χ4v) is 3.11. The van der Waals surface area contributed by atoms with Gasteiger partial charge in [0.1, 0.15) is 0 Å². The number of aryl methyl sites for hydroxylation is 3. The highest BCUT2D eigenvalue weighted by molar-refractivity contribution is 7.11. The molecule has 124 valence electrons. The Labute approximate surface area is 136 Å². The number of benzene rings is 1. The second-order valence-electron chi connectivity index (χ2n) is 4.92. The number of aromatic nitrogens is 1. The lowest BCUT2D eigenvalue weighted by Crippen LogP contribution is -2.05. The first-order valence-corrected chi connectivity index (χ1v) is 7.89. The van der Waals surface area contributed by atoms with E-state index in [9.17, 15) is 18.0 Å². The summed E-state index contributed by atoms with van der Waals surface area (Å²) in [5, 5.41) is 0.780. The number of methoxy groups -OCH3 is 1. The van der Waals surface area contributed by atoms with Crippen molar-refractivity contribution in [2.24, 2.45) is 0 Å². The van der Waals surface area contributed by atoms with Crippen LogP contribution in [0.1, 0.15) is 38.4 Å². The van der Waals surface area contributed by atoms with E-state index < -0.39 is 17.7 Å². The SMILES string of the molecule is CCc1sc(CCc2ccc(C(F)(F)F)cc2)nc1C(=O)OC. The van der Waals surface area contributed by atoms with E-state index in [4.69, 9.17) is 4.74 Å². The number of hydrogen-bond donors (Lipinski definition) is 0. The van der Waals surface area contributed by atoms with Gasteiger partial charge >= 0.3 is 12.1 Å². The van der Waals surface area contributed by atoms with Crippen LogP contribution < -0.4 is 0 Å². The summed E-state index contributed by atoms with van der Waals surface area (Å²) < 4.78 is 42.2. The van der Waals surface area contributed by atoms with Crippen LogP contribution in [0.15, 0.2) is 24.3 Å². The molecule has 0 unspecified atom stereocenters. The van der Waals surface area contributed by atoms with Crippen LogP contribution in [0.3, 0.4) is 0 Å². The molecular formula is C16H16F3NO2S. The van der Waals surface area contributed by atoms with Gasteiger partial charge in [0.05, 0.1) is 17.7 Å². The lowest BCUT2D eigenvalue weighted by molar-refractivity contribution is -0.137. The van der Waals surface area contributed by atoms with Crippen LogP contribution in [0.4, 0.5) is 13.2 Å². The molecule has 0 aliphatic rings. The minimum atomic E-state index is -4.32. The predicted octanol–water partition coefficient (Wildman–Crippen LogP) is 4.30. The van der Waals surface area contributed by atoms with Crippen LogP contribution in [0, 0.1) is 0 Å². The van der Waals surface area contributed by atoms with E-state index in [-0.39, 0.29) is 0 Å². The molecule has 2 rings (SSSR count). The number of ether oxygens (including phenoxy) is 1. The highest BCUT2D eigenvalue weighted by Gasteiger charge is 2.29. The van der Waals surface area contributed by atoms with Gasteiger partial charge in [-0.05, 0) is 30.5 Å². The molecule has 2 aromatic rings. The summed E-state index contributed by atoms with van der Waals surface area (Å²) in [4.78, 5) is 16.8. The Morgan fingerprint density at radius 3 is 2.39 bits per heavy atom. The van der Waals surface area contributed by atoms with Crippen molar-refractivity contribution in [1.82, 2.24) is 4.98 Å². The summed E-state index contributed by atoms with van der Waals surface area (Å²) in [5.74, 6) is -0.459. The molecule has 23 heavy (non-hydrogen) atoms. The molecule has 0 radical (unpaired) electrons. The summed E-state index contributed by atoms with van der Waals surface area (Å²) in [6.45, 7) is 1.93. The maximum absolute atomic E-state index is 12.5. The first-order chi connectivity index (χ1) is 10.8. The van der Waals surface area contributed by atoms with Gasteiger partial charge in [0.15, 0.2) is 5.69 Å². The molecule has 1 heterocycles. The topological polar surface area (TPSA) is 39.2 Å². The van der Waals surface area contributed by atoms with Gasteiger partial charge in [-0.3, -0.25) is 0 Å². The summed E-state index contributed by atoms with van der Waals surface area (Å²) >= 11 is 1.44. The van der Waals surface area contributed by atoms with Gasteiger partial charge in [-0.25, -0.2) is 9.78 Å². The average Bonchev–Trinajstić information content (AvgIpc) is 2.95. The number of hydrogen-bond acceptors (Lipinski definition) is 4. The smallest absolute Gasteiger partial charge is 0.416 e. The summed E-state index contributed by atoms with van der Waals surface area (Å²) in [7, 11) is 1.31. The molecule has 3 nitrogen and oxygen atoms in total. The normalized spacial score (nSPS) is 11.5. The molecule has 0 saturated carbocycles. The summed E-state index contributed by atoms with van der Waals surface area (Å²) in [6, 6.07) is 5.10. The Kier molecular flexibility index (Phi) is 5.41. The molecule has 0 aliphatic carbocycles. The van der Waals surface area contributed by atoms with E-state index >= 15 is 0 Å². The molecule has 0 saturated heterocycles. The number of thiazole rings is 1. The van der Waals surface area contributed by atoms with E-state index in [2.05, 4.69) is 4.98 Å². The highest BCUT2D eigenvalue weighted by Crippen LogP contribution is 2.29. The zero-order valence-electron chi connectivity index (χ0n) is 12.7. The third kappa shape index (κ3) is 4.31. The maximum Gasteiger partial charge on any atom is 0.416 e. The van der Waals surface area contributed by atoms with E-state index in [1.165, 1.54) is 30.6 Å². The van der Waals surface area contributed by atoms with Crippen LogP contribution in [-0.4, -0.2) is 18.1 Å². The molecule has 0 fully saturated rings. The first kappa shape index (κ1) is 17.5. The van der Waals surface area contributed by atoms with E-state index in [1.54, 1.807) is 0 Å². The van der Waals surface area contributed by atoms with E-state index in [1.807, 2.05) is 6.92 Å². The Hall–Kier alpha value is -1.89. The summed E-state index contributed by atoms with van der Waals surface area (Å²) in [6.07, 6.45) is -2.50. The number of carbonyl (C=O) groups excluding carboxylic acids is 1. The second kappa shape index (κ2) is 7.12. The Bertz CT molecular complexity index is 678. The van der Waals surface area contributed by atoms with Gasteiger partial charge in [-0.1, -0.05) is 19.1 Å². The lowest BCUT2D eigenvalue weighted by atomic mass is 10.1. The van der Waals surface area contributed by atoms with Crippen LogP contribution in [-0.2, 0) is 30.2 Å². The van der Waals surface area contributed by atoms with Crippen molar-refractivity contribution in [1.29, 1.82) is 0 Å². The minimum Gasteiger partial charge on any atom is -0.464 e. The number of esters is 1. The summed E-state index contributed by atoms with van der Waals surface area (Å²) in [5.41, 5.74) is 0.477. The van der Waals surface area contributed by atoms with Gasteiger partial charge in [0.25, 0.3) is 0 Å². The molecule has 0 atom stereocenters. The zero-order valence-corrected chi connectivity index (χ0v) is 13.6. The van der Waals surface area contributed by atoms with Gasteiger partial charge in [-0.2, -0.15) is 13.2 Å². The Balaban J connectivity index is 2.06. The molecular weight excluding hydrogens is 327 g/mol. The van der Waals surface area contributed by atoms with E-state index in [0.29, 0.717) is 25.0 Å². The quantitative estimate of drug-likeness (QED) is 0.760. The third-order valence-corrected chi connectivity index (χ3v) is 4.61. The first-order valence-electron chi connectivity index (χ1n) is 7.08. The second-order valence-corrected chi connectivity index (χ2v) is 6.09. The van der Waals surface area contributed by atoms with Crippen LogP contribution in [0.25, 0.3) is 0 Å². The van der Waals surface area contributed by atoms with Crippen molar-refractivity contribution in [3.63, 3.8) is 0 Å². The molecule has 0 aliphatic heterocycles. The zero-order chi connectivity index (χ0) is 17.0. The van der Waals surface area contributed by atoms with Gasteiger partial charge < -0.3 is 4.74 Å². The molecule has 0 N–H and O–H groups in total. The van der Waals surface area contributed by atoms with Crippen molar-refractivity contribution in [2.75, 3.05) is 7.11 Å². The maximum atomic E-state index is 12.5. The van der Waals surface area contributed by atoms with Crippen LogP contribution in [0.2, 0.25) is 0 Å². The van der Waals surface area contributed by atoms with Crippen LogP contribution >= 0.6 is 11.3 Å². The number of rotatable bonds is 5. The monoisotopic (exact) mass is 343 g/mol. The molecule has 0 amide bonds. The minimum absolute atomic E-state index is 0.336. The van der Waals surface area contributed by atoms with Crippen LogP contribution in [0.5, 0.6) is 0 Å². The van der Waals surface area contributed by atoms with E-state index in [0.717, 1.165) is 27.6 Å². The van der Waals surface area contributed by atoms with Crippen molar-refractivity contribution in [3.8, 4) is 0 Å². The highest BCUT2D eigenvalue weighted by atomic mass is 32.1. The van der Waals surface area contributed by atoms with Gasteiger partial charge in [0, 0.05) is 11.3 Å². The number of carbonyl (C=O) groups is 1. The average molecular weight is 343 g/mol. The molecule has 0 bridgehead atoms. The van der Waals surface area contributed by atoms with Crippen molar-refractivity contribution >= 4 is 17.3 Å². The fraction of sp³-hybridized carbons (Fsp3) is 0.375. The third-order valence-electron chi connectivity index (χ3n) is 3.35. The number of halogens is 3. The lowest BCUT2D eigenvalue weighted by Gasteiger charge is -2.07. The van der Waals surface area contributed by atoms with Crippen molar-refractivity contribution in [2.45, 2.75) is 32.4 Å². The molecule has 1 aromatic heterocycles. The Morgan fingerprint density at radius 2 is 1.87 bits per heavy atom. The van der Waals surface area contributed by atoms with Crippen molar-refractivity contribution in [3.05, 3.63) is 51.0 Å². The Morgan fingerprint density at radius 1 is 1.22 bits per heavy atom. The molecule has 0 spiro atoms. The fourth-order valence-electron chi connectivity index (χ4n) is 2.11. The standard InChI is InChI=1S/C16H16F3NO2S/c1-3-12-14(15(21)22-2)20-13(23-12)9-6-10-4-7-11(8-5-10)16(17,18)19/h4-5,7-8H,3,6,9H2,1-2H3. The van der Waals surface area contributed by atoms with Gasteiger partial charge in [-0.15, -0.1) is 11.3 Å². The largest absolute Gasteiger partial charge is 0.464 e. The molecule has 1 aromatic carbocycles. The number of nitrogens with zero attached hydrogens (tertiary/aromatic N) is 1. The van der Waals surface area contributed by atoms with Crippen molar-refractivity contribution < 1.29 is 22.7 Å². The van der Waals surface area contributed by atoms with Gasteiger partial charge in [0.2, 0.25) is 0 Å². The predicted molar refractivity (Wildman–Crippen MR) is 81.7 cm³/mol. The molecule has 7 heteroatoms. The number of alkyl halides is 3.